The van der Waals surface area contributed by atoms with E-state index in [-0.39, 0.29) is 5.91 Å². The summed E-state index contributed by atoms with van der Waals surface area (Å²) in [5.41, 5.74) is 2.15. The number of nitrogens with zero attached hydrogens (tertiary/aromatic N) is 3. The maximum Gasteiger partial charge on any atom is 0.264 e. The Kier molecular flexibility index (Phi) is 6.51. The van der Waals surface area contributed by atoms with Gasteiger partial charge < -0.3 is 5.32 Å². The van der Waals surface area contributed by atoms with Gasteiger partial charge in [0.2, 0.25) is 0 Å². The lowest BCUT2D eigenvalue weighted by molar-refractivity contribution is 0.0950. The van der Waals surface area contributed by atoms with Gasteiger partial charge >= 0.3 is 0 Å². The van der Waals surface area contributed by atoms with Gasteiger partial charge in [0.25, 0.3) is 5.91 Å². The van der Waals surface area contributed by atoms with Crippen LogP contribution >= 0.6 is 11.5 Å². The molecule has 1 aromatic rings. The van der Waals surface area contributed by atoms with Crippen LogP contribution in [0.1, 0.15) is 48.5 Å². The van der Waals surface area contributed by atoms with E-state index in [4.69, 9.17) is 0 Å². The molecule has 1 aliphatic rings. The van der Waals surface area contributed by atoms with Crippen molar-refractivity contribution >= 4 is 17.4 Å². The molecular formula is C16H26N4OS. The van der Waals surface area contributed by atoms with Crippen LogP contribution in [0.3, 0.4) is 0 Å². The summed E-state index contributed by atoms with van der Waals surface area (Å²) in [5, 5.41) is 6.88. The number of nitrogens with one attached hydrogen (secondary N) is 1. The minimum atomic E-state index is -0.0371. The quantitative estimate of drug-likeness (QED) is 0.818. The van der Waals surface area contributed by atoms with Crippen LogP contribution in [-0.4, -0.2) is 46.6 Å². The van der Waals surface area contributed by atoms with Crippen molar-refractivity contribution in [2.75, 3.05) is 26.2 Å². The normalized spacial score (nSPS) is 20.1. The van der Waals surface area contributed by atoms with E-state index in [1.165, 1.54) is 36.5 Å². The summed E-state index contributed by atoms with van der Waals surface area (Å²) in [5.74, 6) is 0.643. The first-order valence-electron chi connectivity index (χ1n) is 8.01. The summed E-state index contributed by atoms with van der Waals surface area (Å²) < 4.78 is 3.81. The second-order valence-corrected chi connectivity index (χ2v) is 6.86. The van der Waals surface area contributed by atoms with Crippen molar-refractivity contribution in [3.8, 4) is 0 Å². The highest BCUT2D eigenvalue weighted by atomic mass is 32.1. The molecule has 2 heterocycles. The predicted molar refractivity (Wildman–Crippen MR) is 90.2 cm³/mol. The smallest absolute Gasteiger partial charge is 0.264 e. The van der Waals surface area contributed by atoms with E-state index in [0.29, 0.717) is 16.5 Å². The molecule has 122 valence electrons. The average Bonchev–Trinajstić information content (AvgIpc) is 2.93. The van der Waals surface area contributed by atoms with Crippen LogP contribution in [0.2, 0.25) is 0 Å². The van der Waals surface area contributed by atoms with Crippen LogP contribution in [0.25, 0.3) is 0 Å². The van der Waals surface area contributed by atoms with Crippen LogP contribution in [0.5, 0.6) is 0 Å². The number of aromatic nitrogens is 2. The number of carbonyl (C=O) groups excluding carboxylic acids is 1. The second kappa shape index (κ2) is 8.39. The summed E-state index contributed by atoms with van der Waals surface area (Å²) in [6.07, 6.45) is 5.76. The first-order chi connectivity index (χ1) is 10.6. The predicted octanol–water partition coefficient (Wildman–Crippen LogP) is 2.64. The Morgan fingerprint density at radius 3 is 3.05 bits per heavy atom. The third-order valence-corrected chi connectivity index (χ3v) is 5.09. The molecule has 6 heteroatoms. The number of allylic oxidation sites excluding steroid dienone is 1. The lowest BCUT2D eigenvalue weighted by Gasteiger charge is -2.33. The van der Waals surface area contributed by atoms with E-state index < -0.39 is 0 Å². The van der Waals surface area contributed by atoms with E-state index in [0.717, 1.165) is 26.1 Å². The molecule has 5 nitrogen and oxygen atoms in total. The summed E-state index contributed by atoms with van der Waals surface area (Å²) in [6.45, 7) is 10.3. The van der Waals surface area contributed by atoms with Crippen molar-refractivity contribution in [3.05, 3.63) is 22.2 Å². The van der Waals surface area contributed by atoms with Crippen molar-refractivity contribution in [2.24, 2.45) is 5.92 Å². The molecule has 0 bridgehead atoms. The van der Waals surface area contributed by atoms with E-state index in [2.05, 4.69) is 39.7 Å². The average molecular weight is 322 g/mol. The van der Waals surface area contributed by atoms with Gasteiger partial charge in [0.05, 0.1) is 5.69 Å². The van der Waals surface area contributed by atoms with Crippen LogP contribution < -0.4 is 5.32 Å². The SMILES string of the molecule is C/C=C(\C)CN1CCCC(CCNC(=O)c2snnc2C)C1. The van der Waals surface area contributed by atoms with Crippen LogP contribution in [0.4, 0.5) is 0 Å². The van der Waals surface area contributed by atoms with Crippen LogP contribution in [0.15, 0.2) is 11.6 Å². The Balaban J connectivity index is 1.72. The maximum atomic E-state index is 12.0. The van der Waals surface area contributed by atoms with Gasteiger partial charge in [0.1, 0.15) is 4.88 Å². The Morgan fingerprint density at radius 1 is 1.55 bits per heavy atom. The summed E-state index contributed by atoms with van der Waals surface area (Å²) >= 11 is 1.17. The highest BCUT2D eigenvalue weighted by Gasteiger charge is 2.20. The van der Waals surface area contributed by atoms with Gasteiger partial charge in [0, 0.05) is 19.6 Å². The molecule has 1 atom stereocenters. The second-order valence-electron chi connectivity index (χ2n) is 6.11. The number of aryl methyl sites for hydroxylation is 1. The van der Waals surface area contributed by atoms with Crippen molar-refractivity contribution < 1.29 is 4.79 Å². The standard InChI is InChI=1S/C16H26N4OS/c1-4-12(2)10-20-9-5-6-14(11-20)7-8-17-16(21)15-13(3)18-19-22-15/h4,14H,5-11H2,1-3H3,(H,17,21)/b12-4+. The first-order valence-corrected chi connectivity index (χ1v) is 8.78. The zero-order chi connectivity index (χ0) is 15.9. The largest absolute Gasteiger partial charge is 0.351 e. The van der Waals surface area contributed by atoms with Gasteiger partial charge in [-0.2, -0.15) is 0 Å². The minimum Gasteiger partial charge on any atom is -0.351 e. The topological polar surface area (TPSA) is 58.1 Å². The highest BCUT2D eigenvalue weighted by molar-refractivity contribution is 7.07. The molecule has 1 amide bonds. The Bertz CT molecular complexity index is 526. The number of hydrogen-bond acceptors (Lipinski definition) is 5. The molecular weight excluding hydrogens is 296 g/mol. The van der Waals surface area contributed by atoms with Gasteiger partial charge in [-0.1, -0.05) is 16.1 Å². The van der Waals surface area contributed by atoms with Gasteiger partial charge in [-0.05, 0) is 64.0 Å². The van der Waals surface area contributed by atoms with Crippen molar-refractivity contribution in [1.29, 1.82) is 0 Å². The number of piperidine rings is 1. The molecule has 1 aliphatic heterocycles. The number of amides is 1. The molecule has 1 aromatic heterocycles. The molecule has 2 rings (SSSR count). The van der Waals surface area contributed by atoms with E-state index >= 15 is 0 Å². The zero-order valence-corrected chi connectivity index (χ0v) is 14.6. The van der Waals surface area contributed by atoms with Crippen molar-refractivity contribution in [1.82, 2.24) is 19.8 Å². The summed E-state index contributed by atoms with van der Waals surface area (Å²) in [7, 11) is 0. The molecule has 1 unspecified atom stereocenters. The third kappa shape index (κ3) is 4.88. The highest BCUT2D eigenvalue weighted by Crippen LogP contribution is 2.20. The monoisotopic (exact) mass is 322 g/mol. The van der Waals surface area contributed by atoms with E-state index in [1.807, 2.05) is 6.92 Å². The first kappa shape index (κ1) is 17.1. The van der Waals surface area contributed by atoms with Gasteiger partial charge in [-0.15, -0.1) is 5.10 Å². The molecule has 22 heavy (non-hydrogen) atoms. The number of rotatable bonds is 6. The van der Waals surface area contributed by atoms with Crippen molar-refractivity contribution in [3.63, 3.8) is 0 Å². The fourth-order valence-corrected chi connectivity index (χ4v) is 3.46. The third-order valence-electron chi connectivity index (χ3n) is 4.26. The molecule has 0 spiro atoms. The van der Waals surface area contributed by atoms with Crippen LogP contribution in [0, 0.1) is 12.8 Å². The Labute approximate surface area is 137 Å². The van der Waals surface area contributed by atoms with Gasteiger partial charge in [0.15, 0.2) is 0 Å². The molecule has 0 aliphatic carbocycles. The molecule has 1 fully saturated rings. The number of carbonyl (C=O) groups is 1. The zero-order valence-electron chi connectivity index (χ0n) is 13.8. The minimum absolute atomic E-state index is 0.0371. The van der Waals surface area contributed by atoms with Gasteiger partial charge in [-0.25, -0.2) is 0 Å². The molecule has 1 saturated heterocycles. The fraction of sp³-hybridized carbons (Fsp3) is 0.688. The molecule has 0 aromatic carbocycles. The van der Waals surface area contributed by atoms with E-state index in [9.17, 15) is 4.79 Å². The maximum absolute atomic E-state index is 12.0. The van der Waals surface area contributed by atoms with Gasteiger partial charge in [-0.3, -0.25) is 9.69 Å². The number of likely N-dealkylation sites (tertiary alicyclic amines) is 1. The lowest BCUT2D eigenvalue weighted by Crippen LogP contribution is -2.38. The number of hydrogen-bond donors (Lipinski definition) is 1. The molecule has 0 saturated carbocycles. The Hall–Kier alpha value is -1.27. The van der Waals surface area contributed by atoms with Crippen LogP contribution in [-0.2, 0) is 0 Å². The molecule has 0 radical (unpaired) electrons. The van der Waals surface area contributed by atoms with Crippen molar-refractivity contribution in [2.45, 2.75) is 40.0 Å². The fourth-order valence-electron chi connectivity index (χ4n) is 2.88. The Morgan fingerprint density at radius 2 is 2.36 bits per heavy atom. The lowest BCUT2D eigenvalue weighted by atomic mass is 9.94. The molecule has 1 N–H and O–H groups in total. The summed E-state index contributed by atoms with van der Waals surface area (Å²) in [4.78, 5) is 15.2. The van der Waals surface area contributed by atoms with E-state index in [1.54, 1.807) is 0 Å². The summed E-state index contributed by atoms with van der Waals surface area (Å²) in [6, 6.07) is 0.